The van der Waals surface area contributed by atoms with E-state index in [0.717, 1.165) is 10.0 Å². The van der Waals surface area contributed by atoms with Gasteiger partial charge in [-0.1, -0.05) is 28.1 Å². The molecule has 0 spiro atoms. The summed E-state index contributed by atoms with van der Waals surface area (Å²) in [6, 6.07) is 6.82. The van der Waals surface area contributed by atoms with Gasteiger partial charge in [-0.05, 0) is 31.0 Å². The number of aliphatic hydroxyl groups excluding tert-OH is 2. The molecule has 1 fully saturated rings. The van der Waals surface area contributed by atoms with Crippen LogP contribution in [-0.4, -0.2) is 58.3 Å². The smallest absolute Gasteiger partial charge is 0.254 e. The average molecular weight is 400 g/mol. The van der Waals surface area contributed by atoms with E-state index in [1.165, 1.54) is 4.90 Å². The predicted molar refractivity (Wildman–Crippen MR) is 91.9 cm³/mol. The van der Waals surface area contributed by atoms with Crippen molar-refractivity contribution in [2.75, 3.05) is 13.1 Å². The van der Waals surface area contributed by atoms with Gasteiger partial charge < -0.3 is 26.2 Å². The van der Waals surface area contributed by atoms with Crippen LogP contribution in [0.15, 0.2) is 28.7 Å². The summed E-state index contributed by atoms with van der Waals surface area (Å²) in [4.78, 5) is 25.6. The largest absolute Gasteiger partial charge is 0.380 e. The van der Waals surface area contributed by atoms with Crippen molar-refractivity contribution in [1.82, 2.24) is 10.2 Å². The number of nitrogens with one attached hydrogen (secondary N) is 1. The van der Waals surface area contributed by atoms with Gasteiger partial charge in [0.2, 0.25) is 0 Å². The van der Waals surface area contributed by atoms with E-state index >= 15 is 0 Å². The van der Waals surface area contributed by atoms with Crippen molar-refractivity contribution < 1.29 is 19.8 Å². The molecule has 0 bridgehead atoms. The molecular formula is C16H22BrN3O4. The summed E-state index contributed by atoms with van der Waals surface area (Å²) in [6.07, 6.45) is -2.99. The average Bonchev–Trinajstić information content (AvgIpc) is 2.99. The molecule has 4 atom stereocenters. The Balaban J connectivity index is 1.93. The van der Waals surface area contributed by atoms with Crippen LogP contribution in [0.1, 0.15) is 24.9 Å². The zero-order valence-electron chi connectivity index (χ0n) is 13.4. The van der Waals surface area contributed by atoms with E-state index in [1.807, 2.05) is 24.3 Å². The van der Waals surface area contributed by atoms with E-state index in [4.69, 9.17) is 5.73 Å². The summed E-state index contributed by atoms with van der Waals surface area (Å²) in [5.41, 5.74) is 6.56. The molecule has 1 aliphatic heterocycles. The minimum absolute atomic E-state index is 0.135. The monoisotopic (exact) mass is 399 g/mol. The van der Waals surface area contributed by atoms with Crippen molar-refractivity contribution in [3.63, 3.8) is 0 Å². The number of nitrogens with two attached hydrogens (primary N) is 1. The number of nitrogens with zero attached hydrogens (tertiary/aromatic N) is 1. The van der Waals surface area contributed by atoms with Crippen molar-refractivity contribution in [3.8, 4) is 0 Å². The van der Waals surface area contributed by atoms with E-state index in [-0.39, 0.29) is 12.1 Å². The standard InChI is InChI=1S/C16H22BrN3O4/c1-9(10-2-4-11(17)5-3-10)19-15(23)13(21)14(22)16(24)20-7-6-12(18)8-20/h2-5,9,12-14,21-22H,6-8,18H2,1H3,(H,19,23)/t9-,12+,13+,14+/m0/s1. The molecule has 132 valence electrons. The lowest BCUT2D eigenvalue weighted by molar-refractivity contribution is -0.152. The first-order valence-corrected chi connectivity index (χ1v) is 8.55. The zero-order valence-corrected chi connectivity index (χ0v) is 14.9. The van der Waals surface area contributed by atoms with Gasteiger partial charge in [-0.3, -0.25) is 9.59 Å². The van der Waals surface area contributed by atoms with Crippen LogP contribution < -0.4 is 11.1 Å². The Bertz CT molecular complexity index is 595. The molecule has 1 aromatic carbocycles. The first-order chi connectivity index (χ1) is 11.3. The number of carbonyl (C=O) groups excluding carboxylic acids is 2. The molecule has 0 aliphatic carbocycles. The maximum Gasteiger partial charge on any atom is 0.254 e. The fraction of sp³-hybridized carbons (Fsp3) is 0.500. The van der Waals surface area contributed by atoms with E-state index in [9.17, 15) is 19.8 Å². The summed E-state index contributed by atoms with van der Waals surface area (Å²) < 4.78 is 0.912. The molecule has 0 saturated carbocycles. The van der Waals surface area contributed by atoms with E-state index in [2.05, 4.69) is 21.2 Å². The van der Waals surface area contributed by atoms with Crippen molar-refractivity contribution in [2.24, 2.45) is 5.73 Å². The highest BCUT2D eigenvalue weighted by Crippen LogP contribution is 2.17. The van der Waals surface area contributed by atoms with Gasteiger partial charge in [-0.25, -0.2) is 0 Å². The number of amides is 2. The van der Waals surface area contributed by atoms with E-state index < -0.39 is 24.0 Å². The summed E-state index contributed by atoms with van der Waals surface area (Å²) >= 11 is 3.33. The molecule has 0 unspecified atom stereocenters. The quantitative estimate of drug-likeness (QED) is 0.551. The van der Waals surface area contributed by atoms with Crippen molar-refractivity contribution in [2.45, 2.75) is 37.6 Å². The van der Waals surface area contributed by atoms with Crippen LogP contribution in [0.3, 0.4) is 0 Å². The fourth-order valence-electron chi connectivity index (χ4n) is 2.59. The van der Waals surface area contributed by atoms with Gasteiger partial charge in [0, 0.05) is 23.6 Å². The van der Waals surface area contributed by atoms with E-state index in [1.54, 1.807) is 6.92 Å². The maximum atomic E-state index is 12.1. The van der Waals surface area contributed by atoms with Gasteiger partial charge in [0.25, 0.3) is 11.8 Å². The molecule has 1 saturated heterocycles. The minimum atomic E-state index is -1.83. The molecule has 0 aromatic heterocycles. The van der Waals surface area contributed by atoms with Gasteiger partial charge in [0.15, 0.2) is 12.2 Å². The van der Waals surface area contributed by atoms with E-state index in [0.29, 0.717) is 19.5 Å². The highest BCUT2D eigenvalue weighted by atomic mass is 79.9. The summed E-state index contributed by atoms with van der Waals surface area (Å²) in [5.74, 6) is -1.48. The Morgan fingerprint density at radius 3 is 2.46 bits per heavy atom. The van der Waals surface area contributed by atoms with Crippen LogP contribution in [0.25, 0.3) is 0 Å². The number of benzene rings is 1. The SMILES string of the molecule is C[C@H](NC(=O)[C@H](O)[C@@H](O)C(=O)N1CC[C@@H](N)C1)c1ccc(Br)cc1. The lowest BCUT2D eigenvalue weighted by Crippen LogP contribution is -2.50. The van der Waals surface area contributed by atoms with Crippen molar-refractivity contribution in [1.29, 1.82) is 0 Å². The fourth-order valence-corrected chi connectivity index (χ4v) is 2.85. The number of hydrogen-bond acceptors (Lipinski definition) is 5. The molecule has 1 heterocycles. The number of aliphatic hydroxyl groups is 2. The Morgan fingerprint density at radius 1 is 1.29 bits per heavy atom. The zero-order chi connectivity index (χ0) is 17.9. The second-order valence-electron chi connectivity index (χ2n) is 6.00. The number of rotatable bonds is 5. The number of likely N-dealkylation sites (tertiary alicyclic amines) is 1. The summed E-state index contributed by atoms with van der Waals surface area (Å²) in [7, 11) is 0. The van der Waals surface area contributed by atoms with Crippen LogP contribution in [0.5, 0.6) is 0 Å². The highest BCUT2D eigenvalue weighted by molar-refractivity contribution is 9.10. The van der Waals surface area contributed by atoms with Gasteiger partial charge in [0.1, 0.15) is 0 Å². The van der Waals surface area contributed by atoms with Gasteiger partial charge in [-0.15, -0.1) is 0 Å². The Labute approximate surface area is 149 Å². The van der Waals surface area contributed by atoms with Crippen LogP contribution in [0, 0.1) is 0 Å². The summed E-state index contributed by atoms with van der Waals surface area (Å²) in [5, 5.41) is 22.5. The molecular weight excluding hydrogens is 378 g/mol. The second kappa shape index (κ2) is 8.06. The van der Waals surface area contributed by atoms with Crippen LogP contribution in [0.4, 0.5) is 0 Å². The highest BCUT2D eigenvalue weighted by Gasteiger charge is 2.36. The third-order valence-electron chi connectivity index (χ3n) is 4.09. The minimum Gasteiger partial charge on any atom is -0.380 e. The molecule has 7 nitrogen and oxygen atoms in total. The van der Waals surface area contributed by atoms with Gasteiger partial charge >= 0.3 is 0 Å². The predicted octanol–water partition coefficient (Wildman–Crippen LogP) is -0.0923. The van der Waals surface area contributed by atoms with Gasteiger partial charge in [0.05, 0.1) is 6.04 Å². The lowest BCUT2D eigenvalue weighted by atomic mass is 10.1. The van der Waals surface area contributed by atoms with Crippen molar-refractivity contribution in [3.05, 3.63) is 34.3 Å². The summed E-state index contributed by atoms with van der Waals surface area (Å²) in [6.45, 7) is 2.49. The molecule has 2 rings (SSSR count). The molecule has 0 radical (unpaired) electrons. The third-order valence-corrected chi connectivity index (χ3v) is 4.61. The molecule has 1 aromatic rings. The topological polar surface area (TPSA) is 116 Å². The second-order valence-corrected chi connectivity index (χ2v) is 6.92. The van der Waals surface area contributed by atoms with Crippen LogP contribution >= 0.6 is 15.9 Å². The van der Waals surface area contributed by atoms with Crippen LogP contribution in [-0.2, 0) is 9.59 Å². The van der Waals surface area contributed by atoms with Gasteiger partial charge in [-0.2, -0.15) is 0 Å². The third kappa shape index (κ3) is 4.54. The first kappa shape index (κ1) is 18.9. The number of hydrogen-bond donors (Lipinski definition) is 4. The Hall–Kier alpha value is -1.48. The normalized spacial score (nSPS) is 21.2. The lowest BCUT2D eigenvalue weighted by Gasteiger charge is -2.24. The van der Waals surface area contributed by atoms with Crippen molar-refractivity contribution >= 4 is 27.7 Å². The molecule has 1 aliphatic rings. The number of carbonyl (C=O) groups is 2. The number of halogens is 1. The van der Waals surface area contributed by atoms with Crippen LogP contribution in [0.2, 0.25) is 0 Å². The Kier molecular flexibility index (Phi) is 6.34. The first-order valence-electron chi connectivity index (χ1n) is 7.76. The maximum absolute atomic E-state index is 12.1. The molecule has 24 heavy (non-hydrogen) atoms. The molecule has 2 amide bonds. The Morgan fingerprint density at radius 2 is 1.92 bits per heavy atom. The molecule has 8 heteroatoms. The molecule has 5 N–H and O–H groups in total.